The molecule has 0 saturated carbocycles. The molecule has 0 radical (unpaired) electrons. The number of hydrogen-bond acceptors (Lipinski definition) is 2. The van der Waals surface area contributed by atoms with E-state index in [1.165, 1.54) is 0 Å². The average Bonchev–Trinajstić information content (AvgIpc) is 2.03. The lowest BCUT2D eigenvalue weighted by molar-refractivity contribution is -0.137. The molecule has 4 heteroatoms. The highest BCUT2D eigenvalue weighted by molar-refractivity contribution is 5.66. The van der Waals surface area contributed by atoms with Crippen molar-refractivity contribution in [1.29, 1.82) is 5.41 Å². The number of carboxylic acid groups (broad SMARTS) is 1. The minimum atomic E-state index is -0.842. The highest BCUT2D eigenvalue weighted by atomic mass is 16.4. The van der Waals surface area contributed by atoms with Crippen LogP contribution in [0, 0.1) is 5.41 Å². The van der Waals surface area contributed by atoms with Crippen molar-refractivity contribution in [2.45, 2.75) is 13.0 Å². The number of pyridine rings is 1. The fourth-order valence-electron chi connectivity index (χ4n) is 0.887. The van der Waals surface area contributed by atoms with E-state index < -0.39 is 5.97 Å². The number of hydrogen-bond donors (Lipinski definition) is 2. The van der Waals surface area contributed by atoms with Crippen LogP contribution in [0.25, 0.3) is 0 Å². The Morgan fingerprint density at radius 2 is 2.33 bits per heavy atom. The van der Waals surface area contributed by atoms with Gasteiger partial charge in [-0.05, 0) is 12.1 Å². The second-order valence-electron chi connectivity index (χ2n) is 2.42. The van der Waals surface area contributed by atoms with Crippen molar-refractivity contribution in [3.8, 4) is 0 Å². The smallest absolute Gasteiger partial charge is 0.305 e. The van der Waals surface area contributed by atoms with Gasteiger partial charge in [-0.25, -0.2) is 0 Å². The van der Waals surface area contributed by atoms with Crippen LogP contribution in [-0.2, 0) is 11.3 Å². The molecule has 0 aromatic carbocycles. The van der Waals surface area contributed by atoms with Crippen molar-refractivity contribution in [3.05, 3.63) is 29.9 Å². The molecule has 2 N–H and O–H groups in total. The normalized spacial score (nSPS) is 9.67. The topological polar surface area (TPSA) is 66.1 Å². The predicted octanol–water partition coefficient (Wildman–Crippen LogP) is 0.442. The van der Waals surface area contributed by atoms with E-state index in [1.54, 1.807) is 29.0 Å². The fraction of sp³-hybridized carbons (Fsp3) is 0.250. The Kier molecular flexibility index (Phi) is 2.63. The zero-order valence-corrected chi connectivity index (χ0v) is 6.53. The molecule has 0 aliphatic rings. The predicted molar refractivity (Wildman–Crippen MR) is 42.5 cm³/mol. The zero-order valence-electron chi connectivity index (χ0n) is 6.53. The second-order valence-corrected chi connectivity index (χ2v) is 2.42. The van der Waals surface area contributed by atoms with E-state index in [0.717, 1.165) is 0 Å². The summed E-state index contributed by atoms with van der Waals surface area (Å²) in [5.74, 6) is -0.842. The third kappa shape index (κ3) is 2.23. The summed E-state index contributed by atoms with van der Waals surface area (Å²) in [4.78, 5) is 10.2. The summed E-state index contributed by atoms with van der Waals surface area (Å²) in [5.41, 5.74) is 0.332. The van der Waals surface area contributed by atoms with Crippen molar-refractivity contribution in [2.24, 2.45) is 0 Å². The van der Waals surface area contributed by atoms with Crippen LogP contribution >= 0.6 is 0 Å². The van der Waals surface area contributed by atoms with Crippen molar-refractivity contribution in [2.75, 3.05) is 0 Å². The molecule has 12 heavy (non-hydrogen) atoms. The van der Waals surface area contributed by atoms with E-state index in [2.05, 4.69) is 0 Å². The monoisotopic (exact) mass is 166 g/mol. The molecule has 1 aromatic rings. The van der Waals surface area contributed by atoms with Gasteiger partial charge in [-0.15, -0.1) is 0 Å². The molecule has 0 aliphatic heterocycles. The van der Waals surface area contributed by atoms with E-state index in [4.69, 9.17) is 10.5 Å². The molecule has 1 aromatic heterocycles. The van der Waals surface area contributed by atoms with Crippen LogP contribution in [0.5, 0.6) is 0 Å². The summed E-state index contributed by atoms with van der Waals surface area (Å²) in [6.45, 7) is 0.356. The summed E-state index contributed by atoms with van der Waals surface area (Å²) in [7, 11) is 0. The molecule has 0 bridgehead atoms. The van der Waals surface area contributed by atoms with Crippen LogP contribution in [0.4, 0.5) is 0 Å². The van der Waals surface area contributed by atoms with Crippen molar-refractivity contribution in [3.63, 3.8) is 0 Å². The molecule has 0 spiro atoms. The summed E-state index contributed by atoms with van der Waals surface area (Å²) < 4.78 is 1.59. The number of aliphatic carboxylic acids is 1. The number of carbonyl (C=O) groups is 1. The third-order valence-electron chi connectivity index (χ3n) is 1.51. The fourth-order valence-corrected chi connectivity index (χ4v) is 0.887. The lowest BCUT2D eigenvalue weighted by Crippen LogP contribution is -2.19. The van der Waals surface area contributed by atoms with E-state index in [1.807, 2.05) is 0 Å². The molecule has 1 rings (SSSR count). The minimum Gasteiger partial charge on any atom is -0.481 e. The molecule has 64 valence electrons. The van der Waals surface area contributed by atoms with Crippen LogP contribution in [0.15, 0.2) is 24.4 Å². The van der Waals surface area contributed by atoms with E-state index in [0.29, 0.717) is 12.0 Å². The SMILES string of the molecule is N=c1ccccn1CCC(=O)O. The number of carboxylic acids is 1. The molecule has 0 unspecified atom stereocenters. The van der Waals surface area contributed by atoms with Gasteiger partial charge in [-0.3, -0.25) is 10.2 Å². The van der Waals surface area contributed by atoms with Crippen LogP contribution in [0.3, 0.4) is 0 Å². The summed E-state index contributed by atoms with van der Waals surface area (Å²) in [6.07, 6.45) is 1.76. The Balaban J connectivity index is 2.70. The molecule has 0 aliphatic carbocycles. The molecular weight excluding hydrogens is 156 g/mol. The van der Waals surface area contributed by atoms with Crippen LogP contribution < -0.4 is 5.49 Å². The van der Waals surface area contributed by atoms with Gasteiger partial charge in [0, 0.05) is 12.7 Å². The molecular formula is C8H10N2O2. The molecule has 0 fully saturated rings. The largest absolute Gasteiger partial charge is 0.481 e. The van der Waals surface area contributed by atoms with Crippen molar-refractivity contribution in [1.82, 2.24) is 4.57 Å². The summed E-state index contributed by atoms with van der Waals surface area (Å²) in [5, 5.41) is 15.8. The number of aryl methyl sites for hydroxylation is 1. The molecule has 0 atom stereocenters. The Morgan fingerprint density at radius 3 is 2.92 bits per heavy atom. The van der Waals surface area contributed by atoms with Gasteiger partial charge in [0.15, 0.2) is 0 Å². The van der Waals surface area contributed by atoms with Crippen LogP contribution in [0.2, 0.25) is 0 Å². The quantitative estimate of drug-likeness (QED) is 0.684. The van der Waals surface area contributed by atoms with Gasteiger partial charge in [-0.1, -0.05) is 6.07 Å². The van der Waals surface area contributed by atoms with Crippen molar-refractivity contribution >= 4 is 5.97 Å². The maximum Gasteiger partial charge on any atom is 0.305 e. The number of rotatable bonds is 3. The highest BCUT2D eigenvalue weighted by Crippen LogP contribution is 1.86. The number of aromatic nitrogens is 1. The molecule has 0 saturated heterocycles. The maximum absolute atomic E-state index is 10.2. The Morgan fingerprint density at radius 1 is 1.58 bits per heavy atom. The lowest BCUT2D eigenvalue weighted by Gasteiger charge is -2.02. The molecule has 1 heterocycles. The van der Waals surface area contributed by atoms with E-state index >= 15 is 0 Å². The first kappa shape index (κ1) is 8.52. The van der Waals surface area contributed by atoms with Gasteiger partial charge >= 0.3 is 5.97 Å². The molecule has 0 amide bonds. The van der Waals surface area contributed by atoms with Gasteiger partial charge in [0.05, 0.1) is 6.42 Å². The lowest BCUT2D eigenvalue weighted by atomic mass is 10.4. The van der Waals surface area contributed by atoms with Crippen LogP contribution in [0.1, 0.15) is 6.42 Å². The van der Waals surface area contributed by atoms with Crippen molar-refractivity contribution < 1.29 is 9.90 Å². The summed E-state index contributed by atoms with van der Waals surface area (Å²) in [6, 6.07) is 5.15. The van der Waals surface area contributed by atoms with Gasteiger partial charge in [0.25, 0.3) is 0 Å². The maximum atomic E-state index is 10.2. The Bertz CT molecular complexity index is 330. The second kappa shape index (κ2) is 3.71. The molecule has 4 nitrogen and oxygen atoms in total. The first-order valence-corrected chi connectivity index (χ1v) is 3.62. The number of nitrogens with zero attached hydrogens (tertiary/aromatic N) is 1. The Hall–Kier alpha value is -1.58. The van der Waals surface area contributed by atoms with Gasteiger partial charge in [0.2, 0.25) is 0 Å². The van der Waals surface area contributed by atoms with E-state index in [-0.39, 0.29) is 6.42 Å². The zero-order chi connectivity index (χ0) is 8.97. The van der Waals surface area contributed by atoms with Crippen LogP contribution in [-0.4, -0.2) is 15.6 Å². The minimum absolute atomic E-state index is 0.0561. The van der Waals surface area contributed by atoms with Gasteiger partial charge in [0.1, 0.15) is 5.49 Å². The first-order valence-electron chi connectivity index (χ1n) is 3.62. The highest BCUT2D eigenvalue weighted by Gasteiger charge is 1.96. The average molecular weight is 166 g/mol. The summed E-state index contributed by atoms with van der Waals surface area (Å²) >= 11 is 0. The van der Waals surface area contributed by atoms with Gasteiger partial charge < -0.3 is 9.67 Å². The van der Waals surface area contributed by atoms with E-state index in [9.17, 15) is 4.79 Å². The van der Waals surface area contributed by atoms with Gasteiger partial charge in [-0.2, -0.15) is 0 Å². The number of nitrogens with one attached hydrogen (secondary N) is 1. The first-order chi connectivity index (χ1) is 5.70. The third-order valence-corrected chi connectivity index (χ3v) is 1.51. The Labute approximate surface area is 69.6 Å². The standard InChI is InChI=1S/C8H10N2O2/c9-7-3-1-2-5-10(7)6-4-8(11)12/h1-3,5,9H,4,6H2,(H,11,12).